The van der Waals surface area contributed by atoms with E-state index >= 15 is 0 Å². The Morgan fingerprint density at radius 1 is 1.31 bits per heavy atom. The lowest BCUT2D eigenvalue weighted by Gasteiger charge is -1.99. The first kappa shape index (κ1) is 10.3. The second kappa shape index (κ2) is 3.92. The molecule has 0 bridgehead atoms. The van der Waals surface area contributed by atoms with Crippen molar-refractivity contribution in [3.63, 3.8) is 0 Å². The van der Waals surface area contributed by atoms with Gasteiger partial charge < -0.3 is 4.74 Å². The van der Waals surface area contributed by atoms with Gasteiger partial charge in [0, 0.05) is 4.88 Å². The molecular formula is C10H14O2S. The Labute approximate surface area is 82.5 Å². The van der Waals surface area contributed by atoms with Gasteiger partial charge >= 0.3 is 5.97 Å². The molecule has 0 fully saturated rings. The van der Waals surface area contributed by atoms with Gasteiger partial charge in [0.2, 0.25) is 0 Å². The Morgan fingerprint density at radius 3 is 2.31 bits per heavy atom. The molecule has 0 aliphatic heterocycles. The molecule has 1 aromatic heterocycles. The number of ether oxygens (including phenoxy) is 1. The van der Waals surface area contributed by atoms with Gasteiger partial charge in [-0.15, -0.1) is 11.3 Å². The number of carbonyl (C=O) groups excluding carboxylic acids is 1. The quantitative estimate of drug-likeness (QED) is 0.683. The van der Waals surface area contributed by atoms with E-state index in [-0.39, 0.29) is 5.97 Å². The van der Waals surface area contributed by atoms with Crippen molar-refractivity contribution in [2.24, 2.45) is 0 Å². The van der Waals surface area contributed by atoms with Crippen LogP contribution in [0.25, 0.3) is 0 Å². The standard InChI is InChI=1S/C10H14O2S/c1-5-12-10(11)9-7(3)6(2)8(4)13-9/h5H2,1-4H3. The first-order chi connectivity index (χ1) is 6.07. The molecule has 0 unspecified atom stereocenters. The fraction of sp³-hybridized carbons (Fsp3) is 0.500. The molecule has 0 saturated heterocycles. The van der Waals surface area contributed by atoms with Crippen LogP contribution in [0.15, 0.2) is 0 Å². The number of rotatable bonds is 2. The van der Waals surface area contributed by atoms with E-state index < -0.39 is 0 Å². The van der Waals surface area contributed by atoms with Crippen molar-refractivity contribution in [2.75, 3.05) is 6.61 Å². The fourth-order valence-corrected chi connectivity index (χ4v) is 2.19. The van der Waals surface area contributed by atoms with E-state index in [0.717, 1.165) is 10.4 Å². The zero-order valence-electron chi connectivity index (χ0n) is 8.43. The van der Waals surface area contributed by atoms with Gasteiger partial charge in [-0.05, 0) is 38.8 Å². The lowest BCUT2D eigenvalue weighted by atomic mass is 10.1. The molecule has 0 aliphatic carbocycles. The Morgan fingerprint density at radius 2 is 1.92 bits per heavy atom. The van der Waals surface area contributed by atoms with Gasteiger partial charge in [0.05, 0.1) is 6.61 Å². The van der Waals surface area contributed by atoms with Crippen LogP contribution in [0.5, 0.6) is 0 Å². The second-order valence-corrected chi connectivity index (χ2v) is 4.18. The minimum Gasteiger partial charge on any atom is -0.462 e. The maximum absolute atomic E-state index is 11.4. The number of aryl methyl sites for hydroxylation is 1. The average molecular weight is 198 g/mol. The van der Waals surface area contributed by atoms with Crippen LogP contribution in [-0.4, -0.2) is 12.6 Å². The lowest BCUT2D eigenvalue weighted by Crippen LogP contribution is -2.03. The predicted molar refractivity (Wildman–Crippen MR) is 54.5 cm³/mol. The molecule has 0 radical (unpaired) electrons. The van der Waals surface area contributed by atoms with E-state index in [1.54, 1.807) is 0 Å². The van der Waals surface area contributed by atoms with Crippen LogP contribution >= 0.6 is 11.3 Å². The zero-order chi connectivity index (χ0) is 10.0. The molecule has 13 heavy (non-hydrogen) atoms. The summed E-state index contributed by atoms with van der Waals surface area (Å²) in [5.41, 5.74) is 2.26. The van der Waals surface area contributed by atoms with Crippen LogP contribution in [0, 0.1) is 20.8 Å². The van der Waals surface area contributed by atoms with E-state index in [1.165, 1.54) is 21.8 Å². The molecule has 0 N–H and O–H groups in total. The van der Waals surface area contributed by atoms with Gasteiger partial charge in [-0.2, -0.15) is 0 Å². The van der Waals surface area contributed by atoms with Crippen molar-refractivity contribution in [2.45, 2.75) is 27.7 Å². The number of esters is 1. The third-order valence-electron chi connectivity index (χ3n) is 2.15. The summed E-state index contributed by atoms with van der Waals surface area (Å²) in [5.74, 6) is -0.193. The number of thiophene rings is 1. The summed E-state index contributed by atoms with van der Waals surface area (Å²) in [5, 5.41) is 0. The van der Waals surface area contributed by atoms with Crippen molar-refractivity contribution in [1.29, 1.82) is 0 Å². The first-order valence-corrected chi connectivity index (χ1v) is 5.13. The molecular weight excluding hydrogens is 184 g/mol. The Kier molecular flexibility index (Phi) is 3.09. The maximum Gasteiger partial charge on any atom is 0.348 e. The summed E-state index contributed by atoms with van der Waals surface area (Å²) in [4.78, 5) is 13.4. The van der Waals surface area contributed by atoms with Crippen LogP contribution in [0.3, 0.4) is 0 Å². The van der Waals surface area contributed by atoms with Crippen molar-refractivity contribution < 1.29 is 9.53 Å². The minimum absolute atomic E-state index is 0.193. The average Bonchev–Trinajstić information content (AvgIpc) is 2.33. The highest BCUT2D eigenvalue weighted by Gasteiger charge is 2.15. The lowest BCUT2D eigenvalue weighted by molar-refractivity contribution is 0.0531. The summed E-state index contributed by atoms with van der Waals surface area (Å²) < 4.78 is 4.95. The highest BCUT2D eigenvalue weighted by atomic mass is 32.1. The Balaban J connectivity index is 3.01. The van der Waals surface area contributed by atoms with Gasteiger partial charge in [0.25, 0.3) is 0 Å². The SMILES string of the molecule is CCOC(=O)c1sc(C)c(C)c1C. The Bertz CT molecular complexity index is 326. The van der Waals surface area contributed by atoms with Crippen LogP contribution in [0.2, 0.25) is 0 Å². The summed E-state index contributed by atoms with van der Waals surface area (Å²) >= 11 is 1.51. The summed E-state index contributed by atoms with van der Waals surface area (Å²) in [6.07, 6.45) is 0. The molecule has 72 valence electrons. The van der Waals surface area contributed by atoms with Gasteiger partial charge in [-0.1, -0.05) is 0 Å². The molecule has 0 saturated carbocycles. The van der Waals surface area contributed by atoms with Crippen molar-refractivity contribution in [3.05, 3.63) is 20.9 Å². The summed E-state index contributed by atoms with van der Waals surface area (Å²) in [6, 6.07) is 0. The van der Waals surface area contributed by atoms with Crippen molar-refractivity contribution in [3.8, 4) is 0 Å². The van der Waals surface area contributed by atoms with Crippen molar-refractivity contribution in [1.82, 2.24) is 0 Å². The molecule has 3 heteroatoms. The van der Waals surface area contributed by atoms with Gasteiger partial charge in [-0.25, -0.2) is 4.79 Å². The van der Waals surface area contributed by atoms with Crippen LogP contribution in [-0.2, 0) is 4.74 Å². The summed E-state index contributed by atoms with van der Waals surface area (Å²) in [6.45, 7) is 8.28. The highest BCUT2D eigenvalue weighted by molar-refractivity contribution is 7.14. The highest BCUT2D eigenvalue weighted by Crippen LogP contribution is 2.26. The predicted octanol–water partition coefficient (Wildman–Crippen LogP) is 2.85. The van der Waals surface area contributed by atoms with Gasteiger partial charge in [0.1, 0.15) is 4.88 Å². The molecule has 1 heterocycles. The first-order valence-electron chi connectivity index (χ1n) is 4.31. The largest absolute Gasteiger partial charge is 0.462 e. The third-order valence-corrected chi connectivity index (χ3v) is 3.44. The minimum atomic E-state index is -0.193. The second-order valence-electron chi connectivity index (χ2n) is 2.96. The normalized spacial score (nSPS) is 10.2. The van der Waals surface area contributed by atoms with E-state index in [4.69, 9.17) is 4.74 Å². The zero-order valence-corrected chi connectivity index (χ0v) is 9.25. The molecule has 0 aromatic carbocycles. The monoisotopic (exact) mass is 198 g/mol. The maximum atomic E-state index is 11.4. The molecule has 0 aliphatic rings. The summed E-state index contributed by atoms with van der Waals surface area (Å²) in [7, 11) is 0. The van der Waals surface area contributed by atoms with Gasteiger partial charge in [-0.3, -0.25) is 0 Å². The van der Waals surface area contributed by atoms with Gasteiger partial charge in [0.15, 0.2) is 0 Å². The van der Waals surface area contributed by atoms with Crippen LogP contribution < -0.4 is 0 Å². The van der Waals surface area contributed by atoms with E-state index in [1.807, 2.05) is 27.7 Å². The Hall–Kier alpha value is -0.830. The van der Waals surface area contributed by atoms with Crippen molar-refractivity contribution >= 4 is 17.3 Å². The van der Waals surface area contributed by atoms with E-state index in [9.17, 15) is 4.79 Å². The topological polar surface area (TPSA) is 26.3 Å². The van der Waals surface area contributed by atoms with Crippen LogP contribution in [0.4, 0.5) is 0 Å². The van der Waals surface area contributed by atoms with E-state index in [2.05, 4.69) is 0 Å². The number of hydrogen-bond acceptors (Lipinski definition) is 3. The fourth-order valence-electron chi connectivity index (χ4n) is 1.13. The van der Waals surface area contributed by atoms with Crippen LogP contribution in [0.1, 0.15) is 32.6 Å². The molecule has 0 atom stereocenters. The number of hydrogen-bond donors (Lipinski definition) is 0. The molecule has 0 amide bonds. The number of carbonyl (C=O) groups is 1. The molecule has 2 nitrogen and oxygen atoms in total. The molecule has 1 rings (SSSR count). The molecule has 0 spiro atoms. The van der Waals surface area contributed by atoms with E-state index in [0.29, 0.717) is 6.61 Å². The smallest absolute Gasteiger partial charge is 0.348 e. The third kappa shape index (κ3) is 1.91. The molecule has 1 aromatic rings.